The molecule has 1 aliphatic rings. The minimum Gasteiger partial charge on any atom is -0.481 e. The standard InChI is InChI=1S/C22H17F4N3O3/c23-17-5-6-18(29-20(17)15-9-16(15)21(30)31)13-4-7-19(28-11-13)27-10-12-2-1-3-14(8-12)32-22(24,25)26/h1-8,11,15-16H,9-10H2,(H,27,28)(H,30,31). The fourth-order valence-electron chi connectivity index (χ4n) is 3.34. The lowest BCUT2D eigenvalue weighted by Crippen LogP contribution is -2.17. The van der Waals surface area contributed by atoms with Crippen LogP contribution in [0.2, 0.25) is 0 Å². The highest BCUT2D eigenvalue weighted by atomic mass is 19.4. The number of nitrogens with one attached hydrogen (secondary N) is 1. The summed E-state index contributed by atoms with van der Waals surface area (Å²) in [5.41, 5.74) is 1.79. The number of aromatic nitrogens is 2. The summed E-state index contributed by atoms with van der Waals surface area (Å²) in [5.74, 6) is -2.37. The van der Waals surface area contributed by atoms with Gasteiger partial charge in [0.25, 0.3) is 0 Å². The molecule has 1 aliphatic carbocycles. The molecule has 0 saturated heterocycles. The first-order valence-corrected chi connectivity index (χ1v) is 9.64. The third-order valence-corrected chi connectivity index (χ3v) is 5.00. The number of alkyl halides is 3. The molecule has 3 aromatic rings. The van der Waals surface area contributed by atoms with Crippen molar-refractivity contribution in [2.45, 2.75) is 25.2 Å². The maximum atomic E-state index is 14.1. The number of carboxylic acid groups (broad SMARTS) is 1. The predicted octanol–water partition coefficient (Wildman–Crippen LogP) is 4.98. The van der Waals surface area contributed by atoms with Crippen LogP contribution in [-0.2, 0) is 11.3 Å². The Labute approximate surface area is 179 Å². The molecule has 4 rings (SSSR count). The molecule has 0 radical (unpaired) electrons. The van der Waals surface area contributed by atoms with Gasteiger partial charge in [-0.2, -0.15) is 0 Å². The van der Waals surface area contributed by atoms with Gasteiger partial charge < -0.3 is 15.2 Å². The van der Waals surface area contributed by atoms with E-state index in [0.717, 1.165) is 0 Å². The van der Waals surface area contributed by atoms with Crippen LogP contribution in [0.4, 0.5) is 23.4 Å². The Bertz CT molecular complexity index is 1140. The van der Waals surface area contributed by atoms with Gasteiger partial charge in [-0.15, -0.1) is 13.2 Å². The zero-order valence-electron chi connectivity index (χ0n) is 16.4. The Kier molecular flexibility index (Phi) is 5.68. The normalized spacial score (nSPS) is 17.6. The van der Waals surface area contributed by atoms with Gasteiger partial charge in [-0.1, -0.05) is 12.1 Å². The second-order valence-corrected chi connectivity index (χ2v) is 7.33. The van der Waals surface area contributed by atoms with E-state index in [1.807, 2.05) is 0 Å². The maximum Gasteiger partial charge on any atom is 0.573 e. The number of carboxylic acids is 1. The minimum absolute atomic E-state index is 0.137. The third-order valence-electron chi connectivity index (χ3n) is 5.00. The number of carbonyl (C=O) groups is 1. The molecule has 2 aromatic heterocycles. The molecule has 10 heteroatoms. The molecule has 0 amide bonds. The van der Waals surface area contributed by atoms with Crippen LogP contribution >= 0.6 is 0 Å². The molecule has 32 heavy (non-hydrogen) atoms. The van der Waals surface area contributed by atoms with Crippen LogP contribution in [0.1, 0.15) is 23.6 Å². The molecular weight excluding hydrogens is 430 g/mol. The number of anilines is 1. The molecule has 1 aromatic carbocycles. The largest absolute Gasteiger partial charge is 0.573 e. The Morgan fingerprint density at radius 3 is 2.66 bits per heavy atom. The van der Waals surface area contributed by atoms with Crippen LogP contribution < -0.4 is 10.1 Å². The third kappa shape index (κ3) is 5.13. The number of benzene rings is 1. The average molecular weight is 447 g/mol. The van der Waals surface area contributed by atoms with Crippen molar-refractivity contribution in [3.05, 3.63) is 71.8 Å². The summed E-state index contributed by atoms with van der Waals surface area (Å²) in [4.78, 5) is 19.6. The smallest absolute Gasteiger partial charge is 0.481 e. The second-order valence-electron chi connectivity index (χ2n) is 7.33. The number of pyridine rings is 2. The van der Waals surface area contributed by atoms with Gasteiger partial charge in [0, 0.05) is 24.2 Å². The summed E-state index contributed by atoms with van der Waals surface area (Å²) in [6.07, 6.45) is -2.87. The summed E-state index contributed by atoms with van der Waals surface area (Å²) in [5, 5.41) is 12.1. The lowest BCUT2D eigenvalue weighted by molar-refractivity contribution is -0.274. The molecule has 0 bridgehead atoms. The van der Waals surface area contributed by atoms with Gasteiger partial charge in [0.15, 0.2) is 0 Å². The Morgan fingerprint density at radius 1 is 1.19 bits per heavy atom. The summed E-state index contributed by atoms with van der Waals surface area (Å²) in [7, 11) is 0. The highest BCUT2D eigenvalue weighted by Crippen LogP contribution is 2.47. The summed E-state index contributed by atoms with van der Waals surface area (Å²) in [6, 6.07) is 11.7. The quantitative estimate of drug-likeness (QED) is 0.497. The topological polar surface area (TPSA) is 84.3 Å². The lowest BCUT2D eigenvalue weighted by Gasteiger charge is -2.11. The van der Waals surface area contributed by atoms with Gasteiger partial charge in [0.2, 0.25) is 0 Å². The second kappa shape index (κ2) is 8.45. The van der Waals surface area contributed by atoms with E-state index in [9.17, 15) is 22.4 Å². The van der Waals surface area contributed by atoms with Crippen molar-refractivity contribution < 1.29 is 32.2 Å². The van der Waals surface area contributed by atoms with Crippen molar-refractivity contribution in [3.63, 3.8) is 0 Å². The van der Waals surface area contributed by atoms with Gasteiger partial charge in [-0.05, 0) is 48.4 Å². The van der Waals surface area contributed by atoms with E-state index in [-0.39, 0.29) is 18.0 Å². The minimum atomic E-state index is -4.76. The molecule has 1 fully saturated rings. The molecule has 2 unspecified atom stereocenters. The van der Waals surface area contributed by atoms with Gasteiger partial charge in [-0.25, -0.2) is 14.4 Å². The van der Waals surface area contributed by atoms with E-state index < -0.39 is 30.0 Å². The summed E-state index contributed by atoms with van der Waals surface area (Å²) in [6.45, 7) is 0.221. The van der Waals surface area contributed by atoms with Crippen molar-refractivity contribution in [1.82, 2.24) is 9.97 Å². The summed E-state index contributed by atoms with van der Waals surface area (Å²) >= 11 is 0. The molecule has 6 nitrogen and oxygen atoms in total. The van der Waals surface area contributed by atoms with E-state index in [1.54, 1.807) is 18.2 Å². The lowest BCUT2D eigenvalue weighted by atomic mass is 10.1. The number of aliphatic carboxylic acids is 1. The van der Waals surface area contributed by atoms with Crippen LogP contribution in [0, 0.1) is 11.7 Å². The first-order chi connectivity index (χ1) is 15.2. The zero-order valence-corrected chi connectivity index (χ0v) is 16.4. The van der Waals surface area contributed by atoms with Crippen molar-refractivity contribution in [3.8, 4) is 17.0 Å². The fraction of sp³-hybridized carbons (Fsp3) is 0.227. The Balaban J connectivity index is 1.42. The Morgan fingerprint density at radius 2 is 2.00 bits per heavy atom. The monoisotopic (exact) mass is 447 g/mol. The zero-order chi connectivity index (χ0) is 22.9. The summed E-state index contributed by atoms with van der Waals surface area (Å²) < 4.78 is 55.1. The molecule has 0 spiro atoms. The fourth-order valence-corrected chi connectivity index (χ4v) is 3.34. The highest BCUT2D eigenvalue weighted by molar-refractivity contribution is 5.75. The van der Waals surface area contributed by atoms with E-state index in [4.69, 9.17) is 5.11 Å². The molecule has 166 valence electrons. The predicted molar refractivity (Wildman–Crippen MR) is 106 cm³/mol. The van der Waals surface area contributed by atoms with Crippen molar-refractivity contribution in [2.75, 3.05) is 5.32 Å². The molecule has 2 N–H and O–H groups in total. The number of hydrogen-bond acceptors (Lipinski definition) is 5. The average Bonchev–Trinajstić information content (AvgIpc) is 3.53. The van der Waals surface area contributed by atoms with E-state index in [2.05, 4.69) is 20.0 Å². The van der Waals surface area contributed by atoms with Crippen LogP contribution in [0.5, 0.6) is 5.75 Å². The van der Waals surface area contributed by atoms with Crippen LogP contribution in [-0.4, -0.2) is 27.4 Å². The molecule has 2 heterocycles. The van der Waals surface area contributed by atoms with Crippen molar-refractivity contribution in [2.24, 2.45) is 5.92 Å². The number of hydrogen-bond donors (Lipinski definition) is 2. The van der Waals surface area contributed by atoms with E-state index in [1.165, 1.54) is 36.5 Å². The van der Waals surface area contributed by atoms with Crippen LogP contribution in [0.15, 0.2) is 54.7 Å². The number of rotatable bonds is 7. The highest BCUT2D eigenvalue weighted by Gasteiger charge is 2.46. The van der Waals surface area contributed by atoms with Crippen LogP contribution in [0.25, 0.3) is 11.3 Å². The van der Waals surface area contributed by atoms with Gasteiger partial charge in [0.1, 0.15) is 17.4 Å². The number of nitrogens with zero attached hydrogens (tertiary/aromatic N) is 2. The maximum absolute atomic E-state index is 14.1. The van der Waals surface area contributed by atoms with Crippen molar-refractivity contribution >= 4 is 11.8 Å². The van der Waals surface area contributed by atoms with Gasteiger partial charge >= 0.3 is 12.3 Å². The van der Waals surface area contributed by atoms with Crippen LogP contribution in [0.3, 0.4) is 0 Å². The molecule has 0 aliphatic heterocycles. The molecule has 2 atom stereocenters. The van der Waals surface area contributed by atoms with E-state index >= 15 is 0 Å². The first-order valence-electron chi connectivity index (χ1n) is 9.64. The number of halogens is 4. The molecule has 1 saturated carbocycles. The van der Waals surface area contributed by atoms with Gasteiger partial charge in [0.05, 0.1) is 17.3 Å². The first kappa shape index (κ1) is 21.5. The van der Waals surface area contributed by atoms with E-state index in [0.29, 0.717) is 29.1 Å². The number of ether oxygens (including phenoxy) is 1. The SMILES string of the molecule is O=C(O)C1CC1c1nc(-c2ccc(NCc3cccc(OC(F)(F)F)c3)nc2)ccc1F. The van der Waals surface area contributed by atoms with Crippen molar-refractivity contribution in [1.29, 1.82) is 0 Å². The van der Waals surface area contributed by atoms with Gasteiger partial charge in [-0.3, -0.25) is 4.79 Å². The molecular formula is C22H17F4N3O3. The Hall–Kier alpha value is -3.69.